The van der Waals surface area contributed by atoms with Crippen molar-refractivity contribution in [2.45, 2.75) is 26.8 Å². The van der Waals surface area contributed by atoms with Crippen molar-refractivity contribution in [3.05, 3.63) is 34.9 Å². The molecule has 1 rings (SSSR count). The van der Waals surface area contributed by atoms with E-state index in [-0.39, 0.29) is 11.9 Å². The molecule has 0 heterocycles. The topological polar surface area (TPSA) is 29.1 Å². The van der Waals surface area contributed by atoms with Gasteiger partial charge in [0, 0.05) is 10.9 Å². The van der Waals surface area contributed by atoms with Gasteiger partial charge in [-0.05, 0) is 38.5 Å². The lowest BCUT2D eigenvalue weighted by Crippen LogP contribution is -2.39. The van der Waals surface area contributed by atoms with Gasteiger partial charge in [0.15, 0.2) is 0 Å². The molecule has 1 amide bonds. The number of carbonyl (C=O) groups is 1. The van der Waals surface area contributed by atoms with Crippen LogP contribution in [-0.2, 0) is 4.79 Å². The fraction of sp³-hybridized carbons (Fsp3) is 0.462. The molecule has 17 heavy (non-hydrogen) atoms. The Morgan fingerprint density at radius 3 is 2.35 bits per heavy atom. The number of hydrogen-bond acceptors (Lipinski definition) is 1. The van der Waals surface area contributed by atoms with Crippen molar-refractivity contribution in [3.63, 3.8) is 0 Å². The summed E-state index contributed by atoms with van der Waals surface area (Å²) in [6.45, 7) is 5.58. The zero-order valence-electron chi connectivity index (χ0n) is 10.3. The number of hydrogen-bond donors (Lipinski definition) is 1. The van der Waals surface area contributed by atoms with Gasteiger partial charge in [0.05, 0.1) is 11.5 Å². The predicted molar refractivity (Wildman–Crippen MR) is 72.5 cm³/mol. The number of rotatable bonds is 4. The first kappa shape index (κ1) is 14.3. The van der Waals surface area contributed by atoms with Gasteiger partial charge in [0.25, 0.3) is 0 Å². The lowest BCUT2D eigenvalue weighted by atomic mass is 9.94. The summed E-state index contributed by atoms with van der Waals surface area (Å²) in [6, 6.07) is 7.38. The smallest absolute Gasteiger partial charge is 0.227 e. The van der Waals surface area contributed by atoms with Crippen LogP contribution in [0.4, 0.5) is 0 Å². The number of nitrogens with one attached hydrogen (secondary N) is 1. The highest BCUT2D eigenvalue weighted by atomic mass is 35.5. The lowest BCUT2D eigenvalue weighted by molar-refractivity contribution is -0.129. The molecule has 0 unspecified atom stereocenters. The lowest BCUT2D eigenvalue weighted by Gasteiger charge is -2.24. The molecule has 0 saturated carbocycles. The molecule has 1 aromatic carbocycles. The van der Waals surface area contributed by atoms with E-state index in [1.165, 1.54) is 0 Å². The maximum absolute atomic E-state index is 11.9. The molecular weight excluding hydrogens is 257 g/mol. The van der Waals surface area contributed by atoms with E-state index in [0.717, 1.165) is 5.56 Å². The van der Waals surface area contributed by atoms with Crippen LogP contribution in [-0.4, -0.2) is 11.8 Å². The third-order valence-electron chi connectivity index (χ3n) is 2.67. The molecule has 0 saturated heterocycles. The summed E-state index contributed by atoms with van der Waals surface area (Å²) >= 11 is 11.6. The van der Waals surface area contributed by atoms with E-state index in [4.69, 9.17) is 23.2 Å². The summed E-state index contributed by atoms with van der Waals surface area (Å²) in [5.41, 5.74) is 0.468. The van der Waals surface area contributed by atoms with Crippen LogP contribution in [0.3, 0.4) is 0 Å². The van der Waals surface area contributed by atoms with Gasteiger partial charge in [0.1, 0.15) is 0 Å². The van der Waals surface area contributed by atoms with Gasteiger partial charge in [-0.1, -0.05) is 23.7 Å². The molecule has 1 atom stereocenters. The molecule has 0 radical (unpaired) electrons. The second-order valence-electron chi connectivity index (χ2n) is 4.76. The summed E-state index contributed by atoms with van der Waals surface area (Å²) < 4.78 is 0. The van der Waals surface area contributed by atoms with Crippen molar-refractivity contribution >= 4 is 29.1 Å². The maximum atomic E-state index is 11.9. The predicted octanol–water partition coefficient (Wildman–Crippen LogP) is 3.78. The highest BCUT2D eigenvalue weighted by Crippen LogP contribution is 2.21. The van der Waals surface area contributed by atoms with Crippen LogP contribution in [0.1, 0.15) is 32.4 Å². The van der Waals surface area contributed by atoms with Crippen molar-refractivity contribution in [2.24, 2.45) is 5.41 Å². The van der Waals surface area contributed by atoms with Crippen molar-refractivity contribution < 1.29 is 4.79 Å². The quantitative estimate of drug-likeness (QED) is 0.832. The van der Waals surface area contributed by atoms with Crippen LogP contribution < -0.4 is 5.32 Å². The minimum Gasteiger partial charge on any atom is -0.349 e. The van der Waals surface area contributed by atoms with Crippen LogP contribution in [0.25, 0.3) is 0 Å². The highest BCUT2D eigenvalue weighted by molar-refractivity contribution is 6.30. The zero-order valence-corrected chi connectivity index (χ0v) is 11.8. The van der Waals surface area contributed by atoms with Gasteiger partial charge in [-0.2, -0.15) is 0 Å². The normalized spacial score (nSPS) is 13.2. The van der Waals surface area contributed by atoms with E-state index in [1.807, 2.05) is 45.0 Å². The molecule has 4 heteroatoms. The molecule has 0 fully saturated rings. The largest absolute Gasteiger partial charge is 0.349 e. The summed E-state index contributed by atoms with van der Waals surface area (Å²) in [5.74, 6) is 0.251. The average molecular weight is 274 g/mol. The van der Waals surface area contributed by atoms with Gasteiger partial charge in [-0.15, -0.1) is 11.6 Å². The van der Waals surface area contributed by atoms with Crippen molar-refractivity contribution in [3.8, 4) is 0 Å². The molecule has 2 nitrogen and oxygen atoms in total. The first-order valence-electron chi connectivity index (χ1n) is 5.49. The average Bonchev–Trinajstić information content (AvgIpc) is 2.29. The Morgan fingerprint density at radius 2 is 1.88 bits per heavy atom. The molecule has 1 N–H and O–H groups in total. The van der Waals surface area contributed by atoms with Crippen LogP contribution in [0.5, 0.6) is 0 Å². The summed E-state index contributed by atoms with van der Waals surface area (Å²) in [5, 5.41) is 3.63. The number of benzene rings is 1. The Bertz CT molecular complexity index is 387. The van der Waals surface area contributed by atoms with Crippen LogP contribution >= 0.6 is 23.2 Å². The Hall–Kier alpha value is -0.730. The second-order valence-corrected chi connectivity index (χ2v) is 5.47. The van der Waals surface area contributed by atoms with Gasteiger partial charge in [-0.3, -0.25) is 4.79 Å². The molecule has 0 aliphatic heterocycles. The van der Waals surface area contributed by atoms with Gasteiger partial charge in [-0.25, -0.2) is 0 Å². The molecule has 1 aromatic rings. The molecule has 0 aliphatic carbocycles. The Balaban J connectivity index is 2.70. The fourth-order valence-electron chi connectivity index (χ4n) is 1.29. The molecule has 0 aliphatic rings. The van der Waals surface area contributed by atoms with Crippen molar-refractivity contribution in [1.82, 2.24) is 5.32 Å². The molecular formula is C13H17Cl2NO. The third kappa shape index (κ3) is 3.90. The minimum absolute atomic E-state index is 0.0463. The van der Waals surface area contributed by atoms with Gasteiger partial charge in [0.2, 0.25) is 5.91 Å². The van der Waals surface area contributed by atoms with Crippen LogP contribution in [0, 0.1) is 5.41 Å². The fourth-order valence-corrected chi connectivity index (χ4v) is 1.53. The van der Waals surface area contributed by atoms with E-state index in [2.05, 4.69) is 5.32 Å². The Morgan fingerprint density at radius 1 is 1.35 bits per heavy atom. The monoisotopic (exact) mass is 273 g/mol. The van der Waals surface area contributed by atoms with Crippen LogP contribution in [0.2, 0.25) is 5.02 Å². The van der Waals surface area contributed by atoms with Gasteiger partial charge >= 0.3 is 0 Å². The Kier molecular flexibility index (Phi) is 4.84. The standard InChI is InChI=1S/C13H17Cl2NO/c1-9(10-4-6-11(15)7-5-10)16-12(17)13(2,3)8-14/h4-7,9H,8H2,1-3H3,(H,16,17)/t9-/m0/s1. The van der Waals surface area contributed by atoms with E-state index in [0.29, 0.717) is 10.9 Å². The van der Waals surface area contributed by atoms with E-state index in [9.17, 15) is 4.79 Å². The van der Waals surface area contributed by atoms with E-state index >= 15 is 0 Å². The first-order chi connectivity index (χ1) is 7.86. The molecule has 0 spiro atoms. The number of alkyl halides is 1. The number of carbonyl (C=O) groups excluding carboxylic acids is 1. The van der Waals surface area contributed by atoms with Crippen LogP contribution in [0.15, 0.2) is 24.3 Å². The summed E-state index contributed by atoms with van der Waals surface area (Å²) in [7, 11) is 0. The summed E-state index contributed by atoms with van der Waals surface area (Å²) in [6.07, 6.45) is 0. The number of amides is 1. The van der Waals surface area contributed by atoms with E-state index in [1.54, 1.807) is 0 Å². The zero-order chi connectivity index (χ0) is 13.1. The second kappa shape index (κ2) is 5.74. The van der Waals surface area contributed by atoms with E-state index < -0.39 is 5.41 Å². The van der Waals surface area contributed by atoms with Crippen molar-refractivity contribution in [1.29, 1.82) is 0 Å². The number of halogens is 2. The first-order valence-corrected chi connectivity index (χ1v) is 6.40. The molecule has 0 aromatic heterocycles. The third-order valence-corrected chi connectivity index (χ3v) is 3.59. The highest BCUT2D eigenvalue weighted by Gasteiger charge is 2.27. The SMILES string of the molecule is C[C@H](NC(=O)C(C)(C)CCl)c1ccc(Cl)cc1. The minimum atomic E-state index is -0.553. The Labute approximate surface area is 112 Å². The van der Waals surface area contributed by atoms with Crippen molar-refractivity contribution in [2.75, 3.05) is 5.88 Å². The maximum Gasteiger partial charge on any atom is 0.227 e. The molecule has 94 valence electrons. The molecule has 0 bridgehead atoms. The summed E-state index contributed by atoms with van der Waals surface area (Å²) in [4.78, 5) is 11.9. The van der Waals surface area contributed by atoms with Gasteiger partial charge < -0.3 is 5.32 Å².